The number of carbonyl (C=O) groups is 1. The lowest BCUT2D eigenvalue weighted by Gasteiger charge is -2.27. The number of non-ortho nitro benzene ring substituents is 1. The Labute approximate surface area is 193 Å². The molecule has 2 aromatic rings. The van der Waals surface area contributed by atoms with Gasteiger partial charge in [0, 0.05) is 36.5 Å². The number of hydrogen-bond acceptors (Lipinski definition) is 7. The van der Waals surface area contributed by atoms with Gasteiger partial charge < -0.3 is 9.68 Å². The summed E-state index contributed by atoms with van der Waals surface area (Å²) >= 11 is 0. The standard InChI is InChI=1S/C25H29N3O5/c1-17(24(26-32-3)21-7-5-4-6-8-21)25(27-33-18(2)29)22-11-9-19(10-12-22)20-13-15-23(16-14-20)28(30)31/h9-17,21H,4-8H2,1-3H3/b26-24-,27-25-. The minimum atomic E-state index is -0.495. The summed E-state index contributed by atoms with van der Waals surface area (Å²) in [5, 5.41) is 19.4. The van der Waals surface area contributed by atoms with Gasteiger partial charge in [0.05, 0.1) is 16.3 Å². The van der Waals surface area contributed by atoms with Crippen molar-refractivity contribution in [1.29, 1.82) is 0 Å². The highest BCUT2D eigenvalue weighted by Gasteiger charge is 2.29. The second-order valence-electron chi connectivity index (χ2n) is 8.20. The van der Waals surface area contributed by atoms with Crippen molar-refractivity contribution in [2.75, 3.05) is 7.11 Å². The smallest absolute Gasteiger partial charge is 0.331 e. The van der Waals surface area contributed by atoms with E-state index in [1.807, 2.05) is 31.2 Å². The highest BCUT2D eigenvalue weighted by atomic mass is 16.7. The van der Waals surface area contributed by atoms with Crippen molar-refractivity contribution in [2.24, 2.45) is 22.1 Å². The van der Waals surface area contributed by atoms with E-state index in [4.69, 9.17) is 9.68 Å². The highest BCUT2D eigenvalue weighted by molar-refractivity contribution is 6.15. The number of rotatable bonds is 8. The van der Waals surface area contributed by atoms with Crippen LogP contribution >= 0.6 is 0 Å². The molecule has 33 heavy (non-hydrogen) atoms. The Hall–Kier alpha value is -3.55. The quantitative estimate of drug-likeness (QED) is 0.220. The monoisotopic (exact) mass is 451 g/mol. The lowest BCUT2D eigenvalue weighted by molar-refractivity contribution is -0.384. The zero-order valence-electron chi connectivity index (χ0n) is 19.2. The summed E-state index contributed by atoms with van der Waals surface area (Å²) in [5.74, 6) is -0.404. The van der Waals surface area contributed by atoms with Crippen LogP contribution in [-0.2, 0) is 14.5 Å². The molecule has 1 fully saturated rings. The summed E-state index contributed by atoms with van der Waals surface area (Å²) in [4.78, 5) is 32.2. The first-order chi connectivity index (χ1) is 15.9. The molecular formula is C25H29N3O5. The molecule has 0 bridgehead atoms. The van der Waals surface area contributed by atoms with Gasteiger partial charge in [-0.15, -0.1) is 0 Å². The van der Waals surface area contributed by atoms with Gasteiger partial charge >= 0.3 is 5.97 Å². The fraction of sp³-hybridized carbons (Fsp3) is 0.400. The number of oxime groups is 2. The molecule has 1 aliphatic carbocycles. The maximum atomic E-state index is 11.5. The summed E-state index contributed by atoms with van der Waals surface area (Å²) < 4.78 is 0. The van der Waals surface area contributed by atoms with E-state index in [2.05, 4.69) is 10.3 Å². The summed E-state index contributed by atoms with van der Waals surface area (Å²) in [6.45, 7) is 3.31. The van der Waals surface area contributed by atoms with Gasteiger partial charge in [0.2, 0.25) is 0 Å². The number of carbonyl (C=O) groups excluding carboxylic acids is 1. The van der Waals surface area contributed by atoms with Gasteiger partial charge in [0.1, 0.15) is 7.11 Å². The lowest BCUT2D eigenvalue weighted by Crippen LogP contribution is -2.30. The Kier molecular flexibility index (Phi) is 8.29. The van der Waals surface area contributed by atoms with Crippen LogP contribution in [-0.4, -0.2) is 29.4 Å². The van der Waals surface area contributed by atoms with E-state index in [-0.39, 0.29) is 11.6 Å². The lowest BCUT2D eigenvalue weighted by atomic mass is 9.79. The van der Waals surface area contributed by atoms with Crippen molar-refractivity contribution in [1.82, 2.24) is 0 Å². The third-order valence-electron chi connectivity index (χ3n) is 5.94. The van der Waals surface area contributed by atoms with Gasteiger partial charge in [-0.05, 0) is 36.1 Å². The van der Waals surface area contributed by atoms with Crippen LogP contribution in [0.3, 0.4) is 0 Å². The summed E-state index contributed by atoms with van der Waals surface area (Å²) in [5.41, 5.74) is 4.12. The van der Waals surface area contributed by atoms with Crippen LogP contribution in [0.15, 0.2) is 58.8 Å². The Balaban J connectivity index is 1.91. The topological polar surface area (TPSA) is 103 Å². The van der Waals surface area contributed by atoms with Crippen LogP contribution in [0.4, 0.5) is 5.69 Å². The Morgan fingerprint density at radius 2 is 1.58 bits per heavy atom. The van der Waals surface area contributed by atoms with Crippen molar-refractivity contribution >= 4 is 23.1 Å². The van der Waals surface area contributed by atoms with Crippen LogP contribution in [0.25, 0.3) is 11.1 Å². The summed E-state index contributed by atoms with van der Waals surface area (Å²) in [7, 11) is 1.54. The van der Waals surface area contributed by atoms with Crippen molar-refractivity contribution in [2.45, 2.75) is 46.0 Å². The van der Waals surface area contributed by atoms with Crippen LogP contribution in [0, 0.1) is 22.0 Å². The van der Waals surface area contributed by atoms with Crippen LogP contribution < -0.4 is 0 Å². The second kappa shape index (κ2) is 11.4. The molecule has 8 heteroatoms. The van der Waals surface area contributed by atoms with Gasteiger partial charge in [-0.25, -0.2) is 4.79 Å². The molecular weight excluding hydrogens is 422 g/mol. The molecule has 1 saturated carbocycles. The van der Waals surface area contributed by atoms with Gasteiger partial charge in [-0.2, -0.15) is 0 Å². The molecule has 0 aliphatic heterocycles. The third-order valence-corrected chi connectivity index (χ3v) is 5.94. The predicted molar refractivity (Wildman–Crippen MR) is 127 cm³/mol. The fourth-order valence-electron chi connectivity index (χ4n) is 4.26. The molecule has 174 valence electrons. The molecule has 0 aromatic heterocycles. The maximum Gasteiger partial charge on any atom is 0.331 e. The minimum absolute atomic E-state index is 0.0488. The molecule has 0 spiro atoms. The van der Waals surface area contributed by atoms with Crippen molar-refractivity contribution in [3.05, 3.63) is 64.2 Å². The first kappa shape index (κ1) is 24.1. The summed E-state index contributed by atoms with van der Waals surface area (Å²) in [6, 6.07) is 14.0. The number of nitro groups is 1. The zero-order chi connectivity index (χ0) is 23.8. The van der Waals surface area contributed by atoms with Gasteiger partial charge in [-0.3, -0.25) is 10.1 Å². The molecule has 2 aromatic carbocycles. The van der Waals surface area contributed by atoms with Crippen molar-refractivity contribution < 1.29 is 19.4 Å². The van der Waals surface area contributed by atoms with Crippen molar-refractivity contribution in [3.8, 4) is 11.1 Å². The maximum absolute atomic E-state index is 11.5. The van der Waals surface area contributed by atoms with Gasteiger partial charge in [0.15, 0.2) is 0 Å². The SMILES string of the molecule is CO/N=C(\C1CCCCC1)C(C)/C(=N/OC(C)=O)c1ccc(-c2ccc([N+](=O)[O-])cc2)cc1. The molecule has 1 atom stereocenters. The molecule has 1 aliphatic rings. The predicted octanol–water partition coefficient (Wildman–Crippen LogP) is 5.75. The number of hydrogen-bond donors (Lipinski definition) is 0. The number of benzene rings is 2. The molecule has 0 saturated heterocycles. The third kappa shape index (κ3) is 6.25. The molecule has 1 unspecified atom stereocenters. The van der Waals surface area contributed by atoms with E-state index >= 15 is 0 Å². The number of nitrogens with zero attached hydrogens (tertiary/aromatic N) is 3. The second-order valence-corrected chi connectivity index (χ2v) is 8.20. The molecule has 0 N–H and O–H groups in total. The molecule has 0 radical (unpaired) electrons. The minimum Gasteiger partial charge on any atom is -0.399 e. The summed E-state index contributed by atoms with van der Waals surface area (Å²) in [6.07, 6.45) is 5.63. The normalized spacial score (nSPS) is 16.2. The largest absolute Gasteiger partial charge is 0.399 e. The number of nitro benzene ring substituents is 1. The van der Waals surface area contributed by atoms with E-state index in [1.54, 1.807) is 12.1 Å². The first-order valence-electron chi connectivity index (χ1n) is 11.1. The Morgan fingerprint density at radius 1 is 1.00 bits per heavy atom. The Bertz CT molecular complexity index is 1020. The van der Waals surface area contributed by atoms with Crippen LogP contribution in [0.2, 0.25) is 0 Å². The van der Waals surface area contributed by atoms with E-state index < -0.39 is 10.9 Å². The van der Waals surface area contributed by atoms with Gasteiger partial charge in [0.25, 0.3) is 5.69 Å². The van der Waals surface area contributed by atoms with E-state index in [0.717, 1.165) is 48.1 Å². The van der Waals surface area contributed by atoms with Crippen molar-refractivity contribution in [3.63, 3.8) is 0 Å². The molecule has 3 rings (SSSR count). The Morgan fingerprint density at radius 3 is 2.09 bits per heavy atom. The van der Waals surface area contributed by atoms with Crippen LogP contribution in [0.5, 0.6) is 0 Å². The fourth-order valence-corrected chi connectivity index (χ4v) is 4.26. The average Bonchev–Trinajstić information content (AvgIpc) is 2.83. The van der Waals surface area contributed by atoms with E-state index in [1.165, 1.54) is 32.6 Å². The molecule has 0 amide bonds. The average molecular weight is 452 g/mol. The molecule has 0 heterocycles. The van der Waals surface area contributed by atoms with Gasteiger partial charge in [-0.1, -0.05) is 60.8 Å². The highest BCUT2D eigenvalue weighted by Crippen LogP contribution is 2.30. The van der Waals surface area contributed by atoms with Crippen LogP contribution in [0.1, 0.15) is 51.5 Å². The first-order valence-corrected chi connectivity index (χ1v) is 11.1. The molecule has 8 nitrogen and oxygen atoms in total. The van der Waals surface area contributed by atoms with E-state index in [9.17, 15) is 14.9 Å². The zero-order valence-corrected chi connectivity index (χ0v) is 19.2. The van der Waals surface area contributed by atoms with E-state index in [0.29, 0.717) is 11.6 Å².